The van der Waals surface area contributed by atoms with Crippen LogP contribution in [-0.2, 0) is 18.4 Å². The maximum absolute atomic E-state index is 11.9. The fourth-order valence-electron chi connectivity index (χ4n) is 1.70. The number of carboxylic acids is 1. The van der Waals surface area contributed by atoms with Gasteiger partial charge in [0.25, 0.3) is 5.56 Å². The van der Waals surface area contributed by atoms with Gasteiger partial charge in [0.05, 0.1) is 0 Å². The summed E-state index contributed by atoms with van der Waals surface area (Å²) in [6, 6.07) is 5.29. The van der Waals surface area contributed by atoms with Crippen molar-refractivity contribution >= 4 is 5.97 Å². The van der Waals surface area contributed by atoms with E-state index in [2.05, 4.69) is 5.10 Å². The molecule has 2 aromatic rings. The van der Waals surface area contributed by atoms with Crippen molar-refractivity contribution in [1.82, 2.24) is 9.67 Å². The Balaban J connectivity index is 2.25. The van der Waals surface area contributed by atoms with Crippen LogP contribution in [0.1, 0.15) is 6.42 Å². The van der Waals surface area contributed by atoms with Crippen LogP contribution in [-0.4, -0.2) is 20.7 Å². The molecule has 2 aromatic heterocycles. The Kier molecular flexibility index (Phi) is 3.70. The van der Waals surface area contributed by atoms with E-state index in [1.165, 1.54) is 9.25 Å². The van der Waals surface area contributed by atoms with Gasteiger partial charge in [-0.3, -0.25) is 9.59 Å². The van der Waals surface area contributed by atoms with Gasteiger partial charge >= 0.3 is 5.97 Å². The summed E-state index contributed by atoms with van der Waals surface area (Å²) in [6.45, 7) is 0.308. The number of carbonyl (C=O) groups is 1. The molecule has 0 aliphatic rings. The van der Waals surface area contributed by atoms with E-state index in [9.17, 15) is 9.59 Å². The number of hydrogen-bond acceptors (Lipinski definition) is 3. The number of pyridine rings is 1. The number of rotatable bonds is 4. The third-order valence-electron chi connectivity index (χ3n) is 2.76. The third-order valence-corrected chi connectivity index (χ3v) is 2.76. The van der Waals surface area contributed by atoms with Crippen LogP contribution < -0.4 is 10.2 Å². The molecule has 0 amide bonds. The molecule has 19 heavy (non-hydrogen) atoms. The molecule has 0 saturated carbocycles. The van der Waals surface area contributed by atoms with Gasteiger partial charge < -0.3 is 9.67 Å². The zero-order valence-corrected chi connectivity index (χ0v) is 10.5. The van der Waals surface area contributed by atoms with Gasteiger partial charge in [-0.15, -0.1) is 0 Å². The van der Waals surface area contributed by atoms with E-state index in [-0.39, 0.29) is 12.0 Å². The van der Waals surface area contributed by atoms with E-state index in [0.29, 0.717) is 17.7 Å². The molecule has 0 aromatic carbocycles. The average molecular weight is 260 g/mol. The van der Waals surface area contributed by atoms with Crippen LogP contribution >= 0.6 is 0 Å². The zero-order valence-electron chi connectivity index (χ0n) is 10.5. The molecule has 98 valence electrons. The maximum atomic E-state index is 11.9. The molecule has 6 heteroatoms. The Labute approximate surface area is 109 Å². The standard InChI is InChI=1S/C13H13N3O3/c1-15-6-2-3-11(13(15)19)10-4-7-16(14-9-10)8-5-12(17)18/h2-4,6-7,9H,5,8H2,1H3/p+1. The molecule has 0 atom stereocenters. The first-order valence-electron chi connectivity index (χ1n) is 5.81. The van der Waals surface area contributed by atoms with Crippen molar-refractivity contribution in [3.63, 3.8) is 0 Å². The van der Waals surface area contributed by atoms with Crippen molar-refractivity contribution in [3.05, 3.63) is 47.1 Å². The normalized spacial score (nSPS) is 10.4. The second kappa shape index (κ2) is 5.43. The van der Waals surface area contributed by atoms with Crippen molar-refractivity contribution in [2.45, 2.75) is 13.0 Å². The fourth-order valence-corrected chi connectivity index (χ4v) is 1.70. The highest BCUT2D eigenvalue weighted by molar-refractivity contribution is 5.66. The largest absolute Gasteiger partial charge is 0.481 e. The molecule has 0 unspecified atom stereocenters. The van der Waals surface area contributed by atoms with E-state index in [1.807, 2.05) is 0 Å². The quantitative estimate of drug-likeness (QED) is 0.797. The highest BCUT2D eigenvalue weighted by atomic mass is 16.4. The molecule has 0 aliphatic carbocycles. The third kappa shape index (κ3) is 3.04. The maximum Gasteiger partial charge on any atom is 0.309 e. The molecule has 0 spiro atoms. The first-order valence-corrected chi connectivity index (χ1v) is 5.81. The molecular formula is C13H14N3O3+. The lowest BCUT2D eigenvalue weighted by molar-refractivity contribution is -0.752. The lowest BCUT2D eigenvalue weighted by atomic mass is 10.1. The van der Waals surface area contributed by atoms with Crippen LogP contribution in [0.5, 0.6) is 0 Å². The Morgan fingerprint density at radius 2 is 2.26 bits per heavy atom. The summed E-state index contributed by atoms with van der Waals surface area (Å²) in [5, 5.41) is 12.7. The lowest BCUT2D eigenvalue weighted by Crippen LogP contribution is -2.38. The summed E-state index contributed by atoms with van der Waals surface area (Å²) in [6.07, 6.45) is 4.95. The average Bonchev–Trinajstić information content (AvgIpc) is 2.40. The Morgan fingerprint density at radius 3 is 2.89 bits per heavy atom. The second-order valence-electron chi connectivity index (χ2n) is 4.16. The Morgan fingerprint density at radius 1 is 1.47 bits per heavy atom. The number of carboxylic acid groups (broad SMARTS) is 1. The first kappa shape index (κ1) is 12.9. The van der Waals surface area contributed by atoms with Crippen LogP contribution in [0.25, 0.3) is 11.1 Å². The van der Waals surface area contributed by atoms with Crippen molar-refractivity contribution < 1.29 is 14.6 Å². The summed E-state index contributed by atoms with van der Waals surface area (Å²) in [5.74, 6) is -0.865. The molecule has 0 saturated heterocycles. The number of nitrogens with zero attached hydrogens (tertiary/aromatic N) is 3. The summed E-state index contributed by atoms with van der Waals surface area (Å²) < 4.78 is 3.03. The fraction of sp³-hybridized carbons (Fsp3) is 0.231. The van der Waals surface area contributed by atoms with Crippen LogP contribution in [0.15, 0.2) is 41.6 Å². The second-order valence-corrected chi connectivity index (χ2v) is 4.16. The topological polar surface area (TPSA) is 76.1 Å². The summed E-state index contributed by atoms with van der Waals surface area (Å²) in [5.41, 5.74) is 1.20. The van der Waals surface area contributed by atoms with Crippen molar-refractivity contribution in [2.75, 3.05) is 0 Å². The highest BCUT2D eigenvalue weighted by Crippen LogP contribution is 2.11. The van der Waals surface area contributed by atoms with Crippen LogP contribution in [0.3, 0.4) is 0 Å². The summed E-state index contributed by atoms with van der Waals surface area (Å²) >= 11 is 0. The van der Waals surface area contributed by atoms with Gasteiger partial charge in [0, 0.05) is 30.4 Å². The van der Waals surface area contributed by atoms with E-state index in [0.717, 1.165) is 0 Å². The van der Waals surface area contributed by atoms with Crippen LogP contribution in [0, 0.1) is 0 Å². The van der Waals surface area contributed by atoms with Crippen molar-refractivity contribution in [1.29, 1.82) is 0 Å². The van der Waals surface area contributed by atoms with Gasteiger partial charge in [0.2, 0.25) is 0 Å². The van der Waals surface area contributed by atoms with Gasteiger partial charge in [-0.25, -0.2) is 0 Å². The number of aliphatic carboxylic acids is 1. The van der Waals surface area contributed by atoms with E-state index >= 15 is 0 Å². The molecule has 1 N–H and O–H groups in total. The lowest BCUT2D eigenvalue weighted by Gasteiger charge is -2.01. The van der Waals surface area contributed by atoms with Crippen molar-refractivity contribution in [2.24, 2.45) is 7.05 Å². The number of aryl methyl sites for hydroxylation is 2. The van der Waals surface area contributed by atoms with E-state index in [4.69, 9.17) is 5.11 Å². The van der Waals surface area contributed by atoms with Gasteiger partial charge in [-0.2, -0.15) is 0 Å². The first-order chi connectivity index (χ1) is 9.08. The zero-order chi connectivity index (χ0) is 13.8. The predicted octanol–water partition coefficient (Wildman–Crippen LogP) is 0.209. The number of hydrogen-bond donors (Lipinski definition) is 1. The van der Waals surface area contributed by atoms with Crippen LogP contribution in [0.2, 0.25) is 0 Å². The Bertz CT molecular complexity index is 647. The number of aromatic nitrogens is 3. The molecular weight excluding hydrogens is 246 g/mol. The van der Waals surface area contributed by atoms with Gasteiger partial charge in [0.1, 0.15) is 12.6 Å². The monoisotopic (exact) mass is 260 g/mol. The minimum Gasteiger partial charge on any atom is -0.481 e. The van der Waals surface area contributed by atoms with Crippen molar-refractivity contribution in [3.8, 4) is 11.1 Å². The smallest absolute Gasteiger partial charge is 0.309 e. The molecule has 0 aliphatic heterocycles. The molecule has 0 bridgehead atoms. The van der Waals surface area contributed by atoms with E-state index < -0.39 is 5.97 Å². The van der Waals surface area contributed by atoms with E-state index in [1.54, 1.807) is 43.8 Å². The van der Waals surface area contributed by atoms with Gasteiger partial charge in [-0.1, -0.05) is 4.68 Å². The molecule has 2 heterocycles. The molecule has 0 fully saturated rings. The van der Waals surface area contributed by atoms with Gasteiger partial charge in [-0.05, 0) is 17.2 Å². The summed E-state index contributed by atoms with van der Waals surface area (Å²) in [4.78, 5) is 22.4. The van der Waals surface area contributed by atoms with Gasteiger partial charge in [0.15, 0.2) is 12.7 Å². The Hall–Kier alpha value is -2.50. The SMILES string of the molecule is Cn1cccc(-c2cc[n+](CCC(=O)O)nc2)c1=O. The minimum atomic E-state index is -0.865. The summed E-state index contributed by atoms with van der Waals surface area (Å²) in [7, 11) is 1.69. The predicted molar refractivity (Wildman–Crippen MR) is 67.4 cm³/mol. The highest BCUT2D eigenvalue weighted by Gasteiger charge is 2.09. The minimum absolute atomic E-state index is 0.0180. The molecule has 2 rings (SSSR count). The molecule has 6 nitrogen and oxygen atoms in total. The molecule has 0 radical (unpaired) electrons. The van der Waals surface area contributed by atoms with Crippen LogP contribution in [0.4, 0.5) is 0 Å².